The molecule has 0 fully saturated rings. The highest BCUT2D eigenvalue weighted by molar-refractivity contribution is 5.80. The minimum Gasteiger partial charge on any atom is -0.377 e. The fourth-order valence-corrected chi connectivity index (χ4v) is 4.05. The highest BCUT2D eigenvalue weighted by Gasteiger charge is 2.23. The molecule has 162 valence electrons. The van der Waals surface area contributed by atoms with Gasteiger partial charge in [0.1, 0.15) is 12.4 Å². The van der Waals surface area contributed by atoms with E-state index in [9.17, 15) is 0 Å². The number of ether oxygens (including phenoxy) is 1. The van der Waals surface area contributed by atoms with Crippen LogP contribution in [0, 0.1) is 0 Å². The first kappa shape index (κ1) is 21.1. The van der Waals surface area contributed by atoms with E-state index in [0.29, 0.717) is 6.61 Å². The first-order valence-corrected chi connectivity index (χ1v) is 10.8. The van der Waals surface area contributed by atoms with Gasteiger partial charge in [-0.3, -0.25) is 4.99 Å². The minimum absolute atomic E-state index is 0.242. The molecule has 0 radical (unpaired) electrons. The third kappa shape index (κ3) is 5.30. The molecule has 2 aromatic carbocycles. The van der Waals surface area contributed by atoms with Crippen molar-refractivity contribution in [2.75, 3.05) is 20.7 Å². The lowest BCUT2D eigenvalue weighted by Gasteiger charge is -2.26. The lowest BCUT2D eigenvalue weighted by atomic mass is 9.91. The Hall–Kier alpha value is -3.19. The summed E-state index contributed by atoms with van der Waals surface area (Å²) in [5.41, 5.74) is 2.57. The van der Waals surface area contributed by atoms with E-state index >= 15 is 0 Å². The molecule has 2 N–H and O–H groups in total. The molecule has 7 heteroatoms. The molecular weight excluding hydrogens is 388 g/mol. The smallest absolute Gasteiger partial charge is 0.191 e. The summed E-state index contributed by atoms with van der Waals surface area (Å²) >= 11 is 0. The number of hydrogen-bond acceptors (Lipinski definition) is 4. The van der Waals surface area contributed by atoms with Crippen LogP contribution in [0.15, 0.2) is 65.7 Å². The second-order valence-corrected chi connectivity index (χ2v) is 7.77. The standard InChI is InChI=1S/C24H30N6O/c1-25-24(27-20-13-14-23-28-22(17-31-2)29-30(23)16-20)26-15-21(18-9-5-3-6-10-18)19-11-7-4-8-12-19/h3-12,20-21H,13-17H2,1-2H3,(H2,25,26,27). The zero-order valence-electron chi connectivity index (χ0n) is 18.2. The molecule has 0 saturated carbocycles. The lowest BCUT2D eigenvalue weighted by molar-refractivity contribution is 0.177. The third-order valence-electron chi connectivity index (χ3n) is 5.62. The Morgan fingerprint density at radius 1 is 1.13 bits per heavy atom. The van der Waals surface area contributed by atoms with Gasteiger partial charge in [0, 0.05) is 39.1 Å². The van der Waals surface area contributed by atoms with E-state index in [-0.39, 0.29) is 12.0 Å². The van der Waals surface area contributed by atoms with Crippen LogP contribution in [0.3, 0.4) is 0 Å². The molecule has 0 saturated heterocycles. The van der Waals surface area contributed by atoms with Gasteiger partial charge in [0.25, 0.3) is 0 Å². The maximum Gasteiger partial charge on any atom is 0.191 e. The molecule has 31 heavy (non-hydrogen) atoms. The summed E-state index contributed by atoms with van der Waals surface area (Å²) in [7, 11) is 3.48. The highest BCUT2D eigenvalue weighted by Crippen LogP contribution is 2.23. The van der Waals surface area contributed by atoms with E-state index in [0.717, 1.165) is 43.5 Å². The highest BCUT2D eigenvalue weighted by atomic mass is 16.5. The van der Waals surface area contributed by atoms with E-state index in [1.807, 2.05) is 11.7 Å². The van der Waals surface area contributed by atoms with Crippen molar-refractivity contribution in [3.05, 3.63) is 83.4 Å². The predicted molar refractivity (Wildman–Crippen MR) is 122 cm³/mol. The van der Waals surface area contributed by atoms with Gasteiger partial charge in [-0.2, -0.15) is 5.10 Å². The molecule has 4 rings (SSSR count). The zero-order chi connectivity index (χ0) is 21.5. The molecule has 7 nitrogen and oxygen atoms in total. The van der Waals surface area contributed by atoms with Crippen LogP contribution in [0.5, 0.6) is 0 Å². The average molecular weight is 419 g/mol. The minimum atomic E-state index is 0.242. The second-order valence-electron chi connectivity index (χ2n) is 7.77. The van der Waals surface area contributed by atoms with Crippen LogP contribution in [0.25, 0.3) is 0 Å². The van der Waals surface area contributed by atoms with Crippen molar-refractivity contribution in [3.8, 4) is 0 Å². The average Bonchev–Trinajstić information content (AvgIpc) is 3.22. The Kier molecular flexibility index (Phi) is 6.94. The van der Waals surface area contributed by atoms with Crippen molar-refractivity contribution >= 4 is 5.96 Å². The van der Waals surface area contributed by atoms with Crippen molar-refractivity contribution in [1.29, 1.82) is 0 Å². The summed E-state index contributed by atoms with van der Waals surface area (Å²) in [5.74, 6) is 2.82. The molecule has 1 atom stereocenters. The van der Waals surface area contributed by atoms with E-state index in [1.54, 1.807) is 7.11 Å². The number of methoxy groups -OCH3 is 1. The normalized spacial score (nSPS) is 16.2. The van der Waals surface area contributed by atoms with Crippen LogP contribution in [0.2, 0.25) is 0 Å². The number of nitrogens with one attached hydrogen (secondary N) is 2. The SMILES string of the molecule is CN=C(NCC(c1ccccc1)c1ccccc1)NC1CCc2nc(COC)nn2C1. The number of aromatic nitrogens is 3. The van der Waals surface area contributed by atoms with E-state index < -0.39 is 0 Å². The Balaban J connectivity index is 1.40. The van der Waals surface area contributed by atoms with Gasteiger partial charge >= 0.3 is 0 Å². The van der Waals surface area contributed by atoms with Gasteiger partial charge in [-0.15, -0.1) is 0 Å². The summed E-state index contributed by atoms with van der Waals surface area (Å²) in [6.07, 6.45) is 1.88. The van der Waals surface area contributed by atoms with Gasteiger partial charge in [0.2, 0.25) is 0 Å². The van der Waals surface area contributed by atoms with E-state index in [1.165, 1.54) is 11.1 Å². The number of hydrogen-bond donors (Lipinski definition) is 2. The molecule has 0 aliphatic carbocycles. The van der Waals surface area contributed by atoms with Crippen LogP contribution in [0.4, 0.5) is 0 Å². The van der Waals surface area contributed by atoms with Crippen LogP contribution in [-0.4, -0.2) is 47.5 Å². The Bertz CT molecular complexity index is 946. The molecule has 0 bridgehead atoms. The fraction of sp³-hybridized carbons (Fsp3) is 0.375. The monoisotopic (exact) mass is 418 g/mol. The van der Waals surface area contributed by atoms with Crippen molar-refractivity contribution in [2.24, 2.45) is 4.99 Å². The summed E-state index contributed by atoms with van der Waals surface area (Å²) in [6, 6.07) is 21.5. The van der Waals surface area contributed by atoms with Crippen molar-refractivity contribution in [3.63, 3.8) is 0 Å². The predicted octanol–water partition coefficient (Wildman–Crippen LogP) is 2.74. The third-order valence-corrected chi connectivity index (χ3v) is 5.62. The van der Waals surface area contributed by atoms with Gasteiger partial charge in [-0.1, -0.05) is 60.7 Å². The van der Waals surface area contributed by atoms with Crippen LogP contribution < -0.4 is 10.6 Å². The van der Waals surface area contributed by atoms with Crippen molar-refractivity contribution in [1.82, 2.24) is 25.4 Å². The summed E-state index contributed by atoms with van der Waals surface area (Å²) in [6.45, 7) is 1.97. The van der Waals surface area contributed by atoms with Gasteiger partial charge in [-0.05, 0) is 17.5 Å². The zero-order valence-corrected chi connectivity index (χ0v) is 18.2. The first-order chi connectivity index (χ1) is 15.3. The number of benzene rings is 2. The summed E-state index contributed by atoms with van der Waals surface area (Å²) in [4.78, 5) is 9.02. The number of fused-ring (bicyclic) bond motifs is 1. The lowest BCUT2D eigenvalue weighted by Crippen LogP contribution is -2.48. The summed E-state index contributed by atoms with van der Waals surface area (Å²) < 4.78 is 7.14. The molecule has 3 aromatic rings. The van der Waals surface area contributed by atoms with Gasteiger partial charge < -0.3 is 15.4 Å². The number of aliphatic imine (C=N–C) groups is 1. The van der Waals surface area contributed by atoms with Crippen LogP contribution in [0.1, 0.15) is 35.1 Å². The molecule has 0 amide bonds. The number of guanidine groups is 1. The molecule has 0 spiro atoms. The Labute approximate surface area is 183 Å². The van der Waals surface area contributed by atoms with Gasteiger partial charge in [-0.25, -0.2) is 9.67 Å². The maximum atomic E-state index is 5.16. The molecule has 1 aromatic heterocycles. The molecule has 1 aliphatic rings. The molecule has 2 heterocycles. The van der Waals surface area contributed by atoms with Crippen molar-refractivity contribution in [2.45, 2.75) is 38.0 Å². The Morgan fingerprint density at radius 2 is 1.81 bits per heavy atom. The quantitative estimate of drug-likeness (QED) is 0.456. The van der Waals surface area contributed by atoms with Crippen LogP contribution >= 0.6 is 0 Å². The van der Waals surface area contributed by atoms with E-state index in [4.69, 9.17) is 4.74 Å². The van der Waals surface area contributed by atoms with Gasteiger partial charge in [0.15, 0.2) is 11.8 Å². The largest absolute Gasteiger partial charge is 0.377 e. The molecular formula is C24H30N6O. The fourth-order valence-electron chi connectivity index (χ4n) is 4.05. The Morgan fingerprint density at radius 3 is 2.42 bits per heavy atom. The second kappa shape index (κ2) is 10.2. The number of aryl methyl sites for hydroxylation is 1. The van der Waals surface area contributed by atoms with Crippen LogP contribution in [-0.2, 0) is 24.3 Å². The molecule has 1 aliphatic heterocycles. The molecule has 1 unspecified atom stereocenters. The topological polar surface area (TPSA) is 76.4 Å². The summed E-state index contributed by atoms with van der Waals surface area (Å²) in [5, 5.41) is 11.7. The van der Waals surface area contributed by atoms with Gasteiger partial charge in [0.05, 0.1) is 6.54 Å². The van der Waals surface area contributed by atoms with E-state index in [2.05, 4.69) is 86.4 Å². The first-order valence-electron chi connectivity index (χ1n) is 10.8. The number of rotatable bonds is 7. The van der Waals surface area contributed by atoms with Crippen molar-refractivity contribution < 1.29 is 4.74 Å². The maximum absolute atomic E-state index is 5.16. The number of nitrogens with zero attached hydrogens (tertiary/aromatic N) is 4.